The van der Waals surface area contributed by atoms with E-state index in [0.717, 1.165) is 18.2 Å². The third kappa shape index (κ3) is 3.40. The van der Waals surface area contributed by atoms with Gasteiger partial charge in [-0.2, -0.15) is 13.2 Å². The van der Waals surface area contributed by atoms with E-state index in [-0.39, 0.29) is 5.82 Å². The molecule has 0 fully saturated rings. The summed E-state index contributed by atoms with van der Waals surface area (Å²) in [7, 11) is 0.359. The van der Waals surface area contributed by atoms with Crippen LogP contribution < -0.4 is 0 Å². The number of aryl methyl sites for hydroxylation is 2. The minimum Gasteiger partial charge on any atom is -0.333 e. The molecule has 1 unspecified atom stereocenters. The van der Waals surface area contributed by atoms with Crippen molar-refractivity contribution >= 4 is 10.8 Å². The minimum absolute atomic E-state index is 0.210. The monoisotopic (exact) mass is 330 g/mol. The van der Waals surface area contributed by atoms with Crippen LogP contribution in [-0.4, -0.2) is 19.5 Å². The maximum atomic E-state index is 12.7. The van der Waals surface area contributed by atoms with Gasteiger partial charge in [0.15, 0.2) is 5.69 Å². The molecule has 0 saturated heterocycles. The largest absolute Gasteiger partial charge is 0.434 e. The molecular formula is C15H17F3N2OS. The molecule has 0 bridgehead atoms. The number of alkyl halides is 3. The molecule has 1 aromatic carbocycles. The number of aromatic nitrogens is 2. The molecule has 22 heavy (non-hydrogen) atoms. The molecular weight excluding hydrogens is 313 g/mol. The average Bonchev–Trinajstić information content (AvgIpc) is 2.82. The molecule has 2 aromatic rings. The van der Waals surface area contributed by atoms with Gasteiger partial charge in [0.05, 0.1) is 10.8 Å². The first kappa shape index (κ1) is 16.7. The molecule has 0 aliphatic heterocycles. The van der Waals surface area contributed by atoms with Gasteiger partial charge in [-0.05, 0) is 25.0 Å². The molecule has 1 heterocycles. The van der Waals surface area contributed by atoms with Crippen LogP contribution in [0.25, 0.3) is 11.4 Å². The van der Waals surface area contributed by atoms with Crippen molar-refractivity contribution in [2.24, 2.45) is 7.05 Å². The van der Waals surface area contributed by atoms with Gasteiger partial charge < -0.3 is 4.57 Å². The number of hydrogen-bond acceptors (Lipinski definition) is 2. The molecule has 0 N–H and O–H groups in total. The van der Waals surface area contributed by atoms with E-state index in [4.69, 9.17) is 0 Å². The molecule has 7 heteroatoms. The zero-order chi connectivity index (χ0) is 16.5. The Morgan fingerprint density at radius 3 is 2.55 bits per heavy atom. The summed E-state index contributed by atoms with van der Waals surface area (Å²) in [4.78, 5) is 4.32. The van der Waals surface area contributed by atoms with Crippen molar-refractivity contribution in [1.82, 2.24) is 9.55 Å². The lowest BCUT2D eigenvalue weighted by Crippen LogP contribution is -2.05. The summed E-state index contributed by atoms with van der Waals surface area (Å²) in [5, 5.41) is 0. The first-order chi connectivity index (χ1) is 10.2. The Balaban J connectivity index is 2.48. The van der Waals surface area contributed by atoms with Crippen molar-refractivity contribution in [3.63, 3.8) is 0 Å². The normalized spacial score (nSPS) is 13.4. The van der Waals surface area contributed by atoms with Gasteiger partial charge in [-0.25, -0.2) is 4.98 Å². The highest BCUT2D eigenvalue weighted by Crippen LogP contribution is 2.31. The zero-order valence-electron chi connectivity index (χ0n) is 12.6. The van der Waals surface area contributed by atoms with E-state index < -0.39 is 22.7 Å². The summed E-state index contributed by atoms with van der Waals surface area (Å²) in [6, 6.07) is 5.13. The lowest BCUT2D eigenvalue weighted by atomic mass is 10.1. The fourth-order valence-electron chi connectivity index (χ4n) is 2.15. The van der Waals surface area contributed by atoms with Gasteiger partial charge in [0.2, 0.25) is 0 Å². The molecule has 2 rings (SSSR count). The topological polar surface area (TPSA) is 34.9 Å². The third-order valence-corrected chi connectivity index (χ3v) is 4.96. The standard InChI is InChI=1S/C15H17F3N2OS/c1-4-7-22(21)12-8-11(6-5-10(12)2)14-19-13(9-20(14)3)15(16,17)18/h5-6,8-9H,4,7H2,1-3H3. The van der Waals surface area contributed by atoms with Gasteiger partial charge in [0.25, 0.3) is 0 Å². The summed E-state index contributed by atoms with van der Waals surface area (Å²) in [6.07, 6.45) is -2.75. The van der Waals surface area contributed by atoms with E-state index in [1.165, 1.54) is 11.6 Å². The fourth-order valence-corrected chi connectivity index (χ4v) is 3.43. The number of nitrogens with zero attached hydrogens (tertiary/aromatic N) is 2. The molecule has 3 nitrogen and oxygen atoms in total. The minimum atomic E-state index is -4.48. The predicted molar refractivity (Wildman–Crippen MR) is 79.9 cm³/mol. The summed E-state index contributed by atoms with van der Waals surface area (Å²) >= 11 is 0. The van der Waals surface area contributed by atoms with Crippen molar-refractivity contribution in [3.8, 4) is 11.4 Å². The highest BCUT2D eigenvalue weighted by Gasteiger charge is 2.34. The SMILES string of the molecule is CCCS(=O)c1cc(-c2nc(C(F)(F)F)cn2C)ccc1C. The van der Waals surface area contributed by atoms with Gasteiger partial charge in [-0.1, -0.05) is 19.1 Å². The second-order valence-corrected chi connectivity index (χ2v) is 6.63. The average molecular weight is 330 g/mol. The van der Waals surface area contributed by atoms with E-state index in [1.807, 2.05) is 13.8 Å². The Kier molecular flexibility index (Phi) is 4.75. The van der Waals surface area contributed by atoms with Crippen LogP contribution in [0.5, 0.6) is 0 Å². The Morgan fingerprint density at radius 2 is 2.00 bits per heavy atom. The Labute approximate surface area is 129 Å². The maximum Gasteiger partial charge on any atom is 0.434 e. The first-order valence-corrected chi connectivity index (χ1v) is 8.16. The van der Waals surface area contributed by atoms with E-state index in [9.17, 15) is 17.4 Å². The van der Waals surface area contributed by atoms with Crippen molar-refractivity contribution < 1.29 is 17.4 Å². The number of hydrogen-bond donors (Lipinski definition) is 0. The smallest absolute Gasteiger partial charge is 0.333 e. The Morgan fingerprint density at radius 1 is 1.32 bits per heavy atom. The van der Waals surface area contributed by atoms with Crippen LogP contribution in [0.1, 0.15) is 24.6 Å². The Hall–Kier alpha value is -1.63. The van der Waals surface area contributed by atoms with Crippen LogP contribution in [0.15, 0.2) is 29.3 Å². The summed E-state index contributed by atoms with van der Waals surface area (Å²) in [5.74, 6) is 0.737. The van der Waals surface area contributed by atoms with Crippen LogP contribution in [0.4, 0.5) is 13.2 Å². The number of rotatable bonds is 4. The molecule has 0 aliphatic rings. The van der Waals surface area contributed by atoms with Crippen LogP contribution in [0.2, 0.25) is 0 Å². The van der Waals surface area contributed by atoms with E-state index in [1.54, 1.807) is 18.2 Å². The summed E-state index contributed by atoms with van der Waals surface area (Å²) in [5.41, 5.74) is 0.464. The first-order valence-electron chi connectivity index (χ1n) is 6.84. The van der Waals surface area contributed by atoms with E-state index in [0.29, 0.717) is 16.2 Å². The summed E-state index contributed by atoms with van der Waals surface area (Å²) < 4.78 is 51.8. The van der Waals surface area contributed by atoms with Gasteiger partial charge in [-0.15, -0.1) is 0 Å². The highest BCUT2D eigenvalue weighted by atomic mass is 32.2. The van der Waals surface area contributed by atoms with Gasteiger partial charge in [0.1, 0.15) is 5.82 Å². The Bertz CT molecular complexity index is 707. The van der Waals surface area contributed by atoms with Crippen LogP contribution in [0, 0.1) is 6.92 Å². The molecule has 0 amide bonds. The van der Waals surface area contributed by atoms with Crippen molar-refractivity contribution in [1.29, 1.82) is 0 Å². The number of halogens is 3. The molecule has 0 spiro atoms. The highest BCUT2D eigenvalue weighted by molar-refractivity contribution is 7.85. The molecule has 0 aliphatic carbocycles. The summed E-state index contributed by atoms with van der Waals surface area (Å²) in [6.45, 7) is 3.78. The number of imidazole rings is 1. The molecule has 120 valence electrons. The lowest BCUT2D eigenvalue weighted by Gasteiger charge is -2.08. The van der Waals surface area contributed by atoms with Crippen molar-refractivity contribution in [2.45, 2.75) is 31.3 Å². The quantitative estimate of drug-likeness (QED) is 0.851. The number of benzene rings is 1. The van der Waals surface area contributed by atoms with E-state index >= 15 is 0 Å². The third-order valence-electron chi connectivity index (χ3n) is 3.25. The van der Waals surface area contributed by atoms with Gasteiger partial charge in [0, 0.05) is 29.5 Å². The lowest BCUT2D eigenvalue weighted by molar-refractivity contribution is -0.140. The van der Waals surface area contributed by atoms with Crippen molar-refractivity contribution in [3.05, 3.63) is 35.7 Å². The maximum absolute atomic E-state index is 12.7. The van der Waals surface area contributed by atoms with Crippen LogP contribution in [0.3, 0.4) is 0 Å². The fraction of sp³-hybridized carbons (Fsp3) is 0.400. The van der Waals surface area contributed by atoms with Gasteiger partial charge in [-0.3, -0.25) is 4.21 Å². The molecule has 1 atom stereocenters. The second kappa shape index (κ2) is 6.24. The molecule has 1 aromatic heterocycles. The van der Waals surface area contributed by atoms with Crippen LogP contribution in [-0.2, 0) is 24.0 Å². The van der Waals surface area contributed by atoms with Crippen LogP contribution >= 0.6 is 0 Å². The molecule has 0 saturated carbocycles. The molecule has 0 radical (unpaired) electrons. The van der Waals surface area contributed by atoms with E-state index in [2.05, 4.69) is 4.98 Å². The zero-order valence-corrected chi connectivity index (χ0v) is 13.4. The van der Waals surface area contributed by atoms with Crippen molar-refractivity contribution in [2.75, 3.05) is 5.75 Å². The second-order valence-electron chi connectivity index (χ2n) is 5.09. The van der Waals surface area contributed by atoms with Gasteiger partial charge >= 0.3 is 6.18 Å². The predicted octanol–water partition coefficient (Wildman–Crippen LogP) is 3.93.